The van der Waals surface area contributed by atoms with Gasteiger partial charge in [0.25, 0.3) is 0 Å². The lowest BCUT2D eigenvalue weighted by Gasteiger charge is -2.29. The van der Waals surface area contributed by atoms with Crippen molar-refractivity contribution in [3.63, 3.8) is 0 Å². The Balaban J connectivity index is 1.96. The molecule has 1 aromatic rings. The number of hydrogen-bond donors (Lipinski definition) is 9. The lowest BCUT2D eigenvalue weighted by atomic mass is 10.0. The molecule has 44 heavy (non-hydrogen) atoms. The van der Waals surface area contributed by atoms with E-state index in [1.54, 1.807) is 0 Å². The number of aliphatic hydroxyl groups excluding tert-OH is 2. The fourth-order valence-electron chi connectivity index (χ4n) is 4.64. The van der Waals surface area contributed by atoms with Crippen LogP contribution in [0.5, 0.6) is 11.5 Å². The van der Waals surface area contributed by atoms with Gasteiger partial charge in [0, 0.05) is 35.2 Å². The number of aromatic hydroxyl groups is 2. The number of cyclic esters (lactones) is 1. The van der Waals surface area contributed by atoms with Crippen molar-refractivity contribution < 1.29 is 59.0 Å². The summed E-state index contributed by atoms with van der Waals surface area (Å²) in [6.07, 6.45) is -1.38. The number of nitrogens with two attached hydrogens (primary N) is 1. The van der Waals surface area contributed by atoms with E-state index in [9.17, 15) is 54.3 Å². The minimum absolute atomic E-state index is 0.0158. The summed E-state index contributed by atoms with van der Waals surface area (Å²) in [5.74, 6) is -7.27. The van der Waals surface area contributed by atoms with E-state index in [1.807, 2.05) is 0 Å². The topological polar surface area (TPSA) is 278 Å². The number of carbonyl (C=O) groups is 6. The normalized spacial score (nSPS) is 24.0. The molecule has 0 saturated carbocycles. The van der Waals surface area contributed by atoms with Crippen molar-refractivity contribution in [2.75, 3.05) is 25.5 Å². The summed E-state index contributed by atoms with van der Waals surface area (Å²) in [6.45, 7) is 0.965. The van der Waals surface area contributed by atoms with Crippen molar-refractivity contribution in [1.29, 1.82) is 0 Å². The third-order valence-electron chi connectivity index (χ3n) is 7.19. The van der Waals surface area contributed by atoms with E-state index in [1.165, 1.54) is 13.8 Å². The molecule has 1 saturated heterocycles. The molecule has 10 N–H and O–H groups in total. The molecule has 0 spiro atoms. The largest absolute Gasteiger partial charge is 0.508 e. The molecule has 6 atom stereocenters. The summed E-state index contributed by atoms with van der Waals surface area (Å²) >= 11 is 0.990. The summed E-state index contributed by atoms with van der Waals surface area (Å²) in [5.41, 5.74) is 5.51. The summed E-state index contributed by atoms with van der Waals surface area (Å²) in [6, 6.07) is -6.26. The predicted octanol–water partition coefficient (Wildman–Crippen LogP) is -3.35. The first-order valence-corrected chi connectivity index (χ1v) is 14.6. The first kappa shape index (κ1) is 34.4. The molecule has 0 bridgehead atoms. The van der Waals surface area contributed by atoms with E-state index in [2.05, 4.69) is 16.0 Å². The van der Waals surface area contributed by atoms with Gasteiger partial charge in [0.05, 0.1) is 18.3 Å². The fourth-order valence-corrected chi connectivity index (χ4v) is 5.73. The van der Waals surface area contributed by atoms with Gasteiger partial charge in [0.15, 0.2) is 0 Å². The highest BCUT2D eigenvalue weighted by molar-refractivity contribution is 7.98. The molecule has 18 heteroatoms. The quantitative estimate of drug-likeness (QED) is 0.132. The molecule has 3 rings (SSSR count). The number of fused-ring (bicyclic) bond motifs is 1. The second kappa shape index (κ2) is 14.6. The zero-order valence-corrected chi connectivity index (χ0v) is 24.6. The van der Waals surface area contributed by atoms with E-state index in [0.717, 1.165) is 22.7 Å². The lowest BCUT2D eigenvalue weighted by Crippen LogP contribution is -2.61. The van der Waals surface area contributed by atoms with Gasteiger partial charge in [-0.1, -0.05) is 0 Å². The molecule has 0 radical (unpaired) electrons. The SMILES string of the molecule is Cc1c(O)cc(O)c2c1C(=O)OC[C@H](NC(=O)[C@@H]1[C@H](O)CCN1C(=O)[C@@H](N)CO)C(=O)N[C@H](C(=O)N[C@@H](C)C(=O)O)CSC2. The van der Waals surface area contributed by atoms with Crippen LogP contribution in [0.15, 0.2) is 6.07 Å². The van der Waals surface area contributed by atoms with E-state index in [4.69, 9.17) is 10.5 Å². The highest BCUT2D eigenvalue weighted by Crippen LogP contribution is 2.35. The fraction of sp³-hybridized carbons (Fsp3) is 0.538. The molecule has 1 aromatic carbocycles. The second-order valence-electron chi connectivity index (χ2n) is 10.3. The molecule has 2 aliphatic heterocycles. The number of benzene rings is 1. The zero-order chi connectivity index (χ0) is 32.9. The van der Waals surface area contributed by atoms with Crippen LogP contribution in [0.3, 0.4) is 0 Å². The number of nitrogens with zero attached hydrogens (tertiary/aromatic N) is 1. The van der Waals surface area contributed by atoms with Crippen molar-refractivity contribution in [2.45, 2.75) is 62.3 Å². The summed E-state index contributed by atoms with van der Waals surface area (Å²) < 4.78 is 5.31. The Labute approximate surface area is 255 Å². The predicted molar refractivity (Wildman–Crippen MR) is 151 cm³/mol. The lowest BCUT2D eigenvalue weighted by molar-refractivity contribution is -0.143. The molecular weight excluding hydrogens is 606 g/mol. The van der Waals surface area contributed by atoms with Gasteiger partial charge in [-0.2, -0.15) is 11.8 Å². The standard InChI is InChI=1S/C26H35N5O12S/c1-10-17(34)5-18(35)12-8-44-9-15(22(37)28-11(2)25(40)41)30-21(36)14(7-43-26(42)19(10)12)29-23(38)20-16(33)3-4-31(20)24(39)13(27)6-32/h5,11,13-16,20,32-35H,3-4,6-9,27H2,1-2H3,(H,28,37)(H,29,38)(H,30,36)(H,40,41)/t11-,13-,14-,15-,16+,20-/m0/s1. The molecule has 1 fully saturated rings. The maximum absolute atomic E-state index is 13.4. The minimum Gasteiger partial charge on any atom is -0.508 e. The molecule has 2 aliphatic rings. The number of amides is 4. The van der Waals surface area contributed by atoms with Crippen LogP contribution in [0.25, 0.3) is 0 Å². The number of carboxylic acid groups (broad SMARTS) is 1. The number of hydrogen-bond acceptors (Lipinski definition) is 13. The summed E-state index contributed by atoms with van der Waals surface area (Å²) in [7, 11) is 0. The maximum atomic E-state index is 13.4. The van der Waals surface area contributed by atoms with Gasteiger partial charge in [0.1, 0.15) is 48.3 Å². The molecular formula is C26H35N5O12S. The van der Waals surface area contributed by atoms with E-state index >= 15 is 0 Å². The molecule has 0 aromatic heterocycles. The molecule has 0 aliphatic carbocycles. The van der Waals surface area contributed by atoms with Crippen LogP contribution in [0.4, 0.5) is 0 Å². The number of ether oxygens (including phenoxy) is 1. The second-order valence-corrected chi connectivity index (χ2v) is 11.3. The number of likely N-dealkylation sites (tertiary alicyclic amines) is 1. The smallest absolute Gasteiger partial charge is 0.339 e. The van der Waals surface area contributed by atoms with Crippen LogP contribution >= 0.6 is 11.8 Å². The monoisotopic (exact) mass is 641 g/mol. The Morgan fingerprint density at radius 2 is 1.89 bits per heavy atom. The van der Waals surface area contributed by atoms with Crippen molar-refractivity contribution in [1.82, 2.24) is 20.9 Å². The number of aliphatic carboxylic acids is 1. The molecule has 242 valence electrons. The Morgan fingerprint density at radius 1 is 1.20 bits per heavy atom. The first-order valence-electron chi connectivity index (χ1n) is 13.5. The maximum Gasteiger partial charge on any atom is 0.339 e. The minimum atomic E-state index is -1.70. The molecule has 17 nitrogen and oxygen atoms in total. The number of aliphatic hydroxyl groups is 2. The number of phenols is 2. The zero-order valence-electron chi connectivity index (χ0n) is 23.8. The van der Waals surface area contributed by atoms with Crippen molar-refractivity contribution >= 4 is 47.3 Å². The van der Waals surface area contributed by atoms with Gasteiger partial charge in [-0.25, -0.2) is 4.79 Å². The number of carbonyl (C=O) groups excluding carboxylic acids is 5. The third kappa shape index (κ3) is 7.68. The first-order chi connectivity index (χ1) is 20.7. The number of nitrogens with one attached hydrogen (secondary N) is 3. The highest BCUT2D eigenvalue weighted by Gasteiger charge is 2.43. The molecule has 0 unspecified atom stereocenters. The van der Waals surface area contributed by atoms with Crippen molar-refractivity contribution in [3.05, 3.63) is 22.8 Å². The van der Waals surface area contributed by atoms with Gasteiger partial charge in [0.2, 0.25) is 23.6 Å². The van der Waals surface area contributed by atoms with Crippen LogP contribution in [-0.4, -0.2) is 128 Å². The third-order valence-corrected chi connectivity index (χ3v) is 8.25. The number of carboxylic acids is 1. The van der Waals surface area contributed by atoms with E-state index < -0.39 is 96.6 Å². The Morgan fingerprint density at radius 3 is 2.52 bits per heavy atom. The van der Waals surface area contributed by atoms with Crippen molar-refractivity contribution in [3.8, 4) is 11.5 Å². The van der Waals surface area contributed by atoms with Crippen LogP contribution < -0.4 is 21.7 Å². The van der Waals surface area contributed by atoms with Crippen LogP contribution in [-0.2, 0) is 34.5 Å². The highest BCUT2D eigenvalue weighted by atomic mass is 32.2. The molecule has 4 amide bonds. The number of thioether (sulfide) groups is 1. The van der Waals surface area contributed by atoms with Gasteiger partial charge < -0.3 is 56.9 Å². The van der Waals surface area contributed by atoms with Gasteiger partial charge in [-0.15, -0.1) is 0 Å². The van der Waals surface area contributed by atoms with Crippen molar-refractivity contribution in [2.24, 2.45) is 5.73 Å². The summed E-state index contributed by atoms with van der Waals surface area (Å²) in [4.78, 5) is 77.7. The van der Waals surface area contributed by atoms with E-state index in [-0.39, 0.29) is 41.2 Å². The van der Waals surface area contributed by atoms with Gasteiger partial charge >= 0.3 is 11.9 Å². The average molecular weight is 642 g/mol. The summed E-state index contributed by atoms with van der Waals surface area (Å²) in [5, 5.41) is 56.6. The Kier molecular flexibility index (Phi) is 11.4. The molecule has 2 heterocycles. The average Bonchev–Trinajstić information content (AvgIpc) is 3.36. The van der Waals surface area contributed by atoms with Crippen LogP contribution in [0, 0.1) is 6.92 Å². The number of rotatable bonds is 7. The number of phenolic OH excluding ortho intramolecular Hbond substituents is 2. The Bertz CT molecular complexity index is 1330. The van der Waals surface area contributed by atoms with Crippen LogP contribution in [0.1, 0.15) is 34.8 Å². The number of esters is 1. The van der Waals surface area contributed by atoms with Crippen LogP contribution in [0.2, 0.25) is 0 Å². The Hall–Kier alpha value is -4.13. The van der Waals surface area contributed by atoms with Gasteiger partial charge in [-0.05, 0) is 20.3 Å². The van der Waals surface area contributed by atoms with Gasteiger partial charge in [-0.3, -0.25) is 24.0 Å². The van der Waals surface area contributed by atoms with E-state index in [0.29, 0.717) is 0 Å².